The number of fused-ring (bicyclic) bond motifs is 2. The summed E-state index contributed by atoms with van der Waals surface area (Å²) in [6, 6.07) is 21.2. The van der Waals surface area contributed by atoms with Crippen LogP contribution in [-0.2, 0) is 6.42 Å². The van der Waals surface area contributed by atoms with Crippen LogP contribution < -0.4 is 5.73 Å². The maximum Gasteiger partial charge on any atom is 0.135 e. The molecule has 1 aliphatic rings. The Kier molecular flexibility index (Phi) is 3.49. The highest BCUT2D eigenvalue weighted by Gasteiger charge is 2.26. The van der Waals surface area contributed by atoms with Gasteiger partial charge in [0.1, 0.15) is 11.5 Å². The average molecular weight is 340 g/mol. The fourth-order valence-corrected chi connectivity index (χ4v) is 4.13. The molecule has 5 rings (SSSR count). The third kappa shape index (κ3) is 2.30. The second kappa shape index (κ2) is 5.99. The molecule has 128 valence electrons. The third-order valence-electron chi connectivity index (χ3n) is 5.33. The Morgan fingerprint density at radius 3 is 2.65 bits per heavy atom. The van der Waals surface area contributed by atoms with Crippen molar-refractivity contribution in [3.63, 3.8) is 0 Å². The molecule has 0 amide bonds. The lowest BCUT2D eigenvalue weighted by atomic mass is 9.88. The molecule has 1 atom stereocenters. The first kappa shape index (κ1) is 15.1. The molecule has 0 saturated carbocycles. The largest absolute Gasteiger partial charge is 0.383 e. The summed E-state index contributed by atoms with van der Waals surface area (Å²) in [5.41, 5.74) is 12.1. The van der Waals surface area contributed by atoms with Gasteiger partial charge < -0.3 is 5.73 Å². The van der Waals surface area contributed by atoms with Crippen LogP contribution in [-0.4, -0.2) is 14.8 Å². The van der Waals surface area contributed by atoms with E-state index in [0.717, 1.165) is 35.0 Å². The summed E-state index contributed by atoms with van der Waals surface area (Å²) in [4.78, 5) is 4.32. The Morgan fingerprint density at radius 1 is 0.962 bits per heavy atom. The molecule has 0 bridgehead atoms. The van der Waals surface area contributed by atoms with Crippen LogP contribution in [0, 0.1) is 0 Å². The van der Waals surface area contributed by atoms with Crippen molar-refractivity contribution in [3.8, 4) is 11.3 Å². The Hall–Kier alpha value is -3.14. The van der Waals surface area contributed by atoms with E-state index in [1.165, 1.54) is 17.5 Å². The molecule has 2 N–H and O–H groups in total. The van der Waals surface area contributed by atoms with Gasteiger partial charge in [-0.3, -0.25) is 4.68 Å². The molecule has 1 aliphatic carbocycles. The van der Waals surface area contributed by atoms with Crippen molar-refractivity contribution >= 4 is 16.7 Å². The molecule has 1 unspecified atom stereocenters. The van der Waals surface area contributed by atoms with E-state index in [1.54, 1.807) is 6.20 Å². The van der Waals surface area contributed by atoms with Gasteiger partial charge in [-0.1, -0.05) is 54.6 Å². The molecule has 0 fully saturated rings. The summed E-state index contributed by atoms with van der Waals surface area (Å²) in [6.45, 7) is 0. The van der Waals surface area contributed by atoms with Gasteiger partial charge in [0.2, 0.25) is 0 Å². The second-order valence-electron chi connectivity index (χ2n) is 6.86. The van der Waals surface area contributed by atoms with Crippen molar-refractivity contribution < 1.29 is 0 Å². The number of hydrogen-bond donors (Lipinski definition) is 1. The standard InChI is InChI=1S/C22H20N4/c23-22-20-19(13-14-24-22)26(25-21(20)16-8-2-1-3-9-16)18-12-6-10-15-7-4-5-11-17(15)18/h1-5,7-9,11,13-14,18H,6,10,12H2,(H2,23,24). The van der Waals surface area contributed by atoms with Crippen LogP contribution in [0.3, 0.4) is 0 Å². The highest BCUT2D eigenvalue weighted by atomic mass is 15.3. The number of nitrogens with two attached hydrogens (primary N) is 1. The highest BCUT2D eigenvalue weighted by Crippen LogP contribution is 2.38. The first-order valence-electron chi connectivity index (χ1n) is 9.09. The molecule has 0 radical (unpaired) electrons. The lowest BCUT2D eigenvalue weighted by Crippen LogP contribution is -2.18. The van der Waals surface area contributed by atoms with E-state index in [1.807, 2.05) is 24.3 Å². The summed E-state index contributed by atoms with van der Waals surface area (Å²) < 4.78 is 2.16. The topological polar surface area (TPSA) is 56.7 Å². The number of nitrogen functional groups attached to an aromatic ring is 1. The lowest BCUT2D eigenvalue weighted by molar-refractivity contribution is 0.463. The van der Waals surface area contributed by atoms with Crippen LogP contribution in [0.5, 0.6) is 0 Å². The van der Waals surface area contributed by atoms with E-state index in [4.69, 9.17) is 10.8 Å². The van der Waals surface area contributed by atoms with Gasteiger partial charge in [0.05, 0.1) is 16.9 Å². The molecular weight excluding hydrogens is 320 g/mol. The Labute approximate surface area is 152 Å². The quantitative estimate of drug-likeness (QED) is 0.580. The number of anilines is 1. The van der Waals surface area contributed by atoms with Gasteiger partial charge in [0, 0.05) is 11.8 Å². The van der Waals surface area contributed by atoms with Crippen molar-refractivity contribution in [1.82, 2.24) is 14.8 Å². The first-order valence-corrected chi connectivity index (χ1v) is 9.09. The van der Waals surface area contributed by atoms with E-state index >= 15 is 0 Å². The molecule has 2 aromatic heterocycles. The summed E-state index contributed by atoms with van der Waals surface area (Å²) in [6.07, 6.45) is 5.18. The van der Waals surface area contributed by atoms with E-state index in [9.17, 15) is 0 Å². The zero-order chi connectivity index (χ0) is 17.5. The van der Waals surface area contributed by atoms with Gasteiger partial charge in [0.15, 0.2) is 0 Å². The third-order valence-corrected chi connectivity index (χ3v) is 5.33. The van der Waals surface area contributed by atoms with Gasteiger partial charge in [-0.2, -0.15) is 5.10 Å². The zero-order valence-electron chi connectivity index (χ0n) is 14.5. The second-order valence-corrected chi connectivity index (χ2v) is 6.86. The van der Waals surface area contributed by atoms with Crippen LogP contribution in [0.25, 0.3) is 22.2 Å². The van der Waals surface area contributed by atoms with Crippen LogP contribution >= 0.6 is 0 Å². The van der Waals surface area contributed by atoms with Crippen LogP contribution in [0.2, 0.25) is 0 Å². The normalized spacial score (nSPS) is 16.5. The SMILES string of the molecule is Nc1nccc2c1c(-c1ccccc1)nn2C1CCCc2ccccc21. The Morgan fingerprint density at radius 2 is 1.77 bits per heavy atom. The highest BCUT2D eigenvalue weighted by molar-refractivity contribution is 6.00. The number of aryl methyl sites for hydroxylation is 1. The fourth-order valence-electron chi connectivity index (χ4n) is 4.13. The van der Waals surface area contributed by atoms with Gasteiger partial charge in [-0.05, 0) is 36.5 Å². The van der Waals surface area contributed by atoms with Crippen molar-refractivity contribution in [1.29, 1.82) is 0 Å². The molecule has 0 spiro atoms. The maximum absolute atomic E-state index is 6.27. The molecule has 4 aromatic rings. The zero-order valence-corrected chi connectivity index (χ0v) is 14.5. The van der Waals surface area contributed by atoms with Gasteiger partial charge >= 0.3 is 0 Å². The predicted octanol–water partition coefficient (Wildman–Crippen LogP) is 4.61. The van der Waals surface area contributed by atoms with Crippen molar-refractivity contribution in [2.45, 2.75) is 25.3 Å². The minimum atomic E-state index is 0.238. The van der Waals surface area contributed by atoms with Crippen LogP contribution in [0.15, 0.2) is 66.9 Å². The molecule has 26 heavy (non-hydrogen) atoms. The van der Waals surface area contributed by atoms with Crippen molar-refractivity contribution in [2.24, 2.45) is 0 Å². The number of rotatable bonds is 2. The first-order chi connectivity index (χ1) is 12.8. The number of pyridine rings is 1. The number of nitrogens with zero attached hydrogens (tertiary/aromatic N) is 3. The number of benzene rings is 2. The van der Waals surface area contributed by atoms with Crippen LogP contribution in [0.1, 0.15) is 30.0 Å². The van der Waals surface area contributed by atoms with Crippen molar-refractivity contribution in [2.75, 3.05) is 5.73 Å². The fraction of sp³-hybridized carbons (Fsp3) is 0.182. The Balaban J connectivity index is 1.77. The monoisotopic (exact) mass is 340 g/mol. The summed E-state index contributed by atoms with van der Waals surface area (Å²) in [5, 5.41) is 5.99. The maximum atomic E-state index is 6.27. The molecule has 2 aromatic carbocycles. The number of hydrogen-bond acceptors (Lipinski definition) is 3. The van der Waals surface area contributed by atoms with Gasteiger partial charge in [-0.25, -0.2) is 4.98 Å². The van der Waals surface area contributed by atoms with E-state index in [2.05, 4.69) is 46.1 Å². The van der Waals surface area contributed by atoms with E-state index in [0.29, 0.717) is 5.82 Å². The number of aromatic nitrogens is 3. The van der Waals surface area contributed by atoms with Crippen molar-refractivity contribution in [3.05, 3.63) is 78.0 Å². The van der Waals surface area contributed by atoms with Gasteiger partial charge in [0.25, 0.3) is 0 Å². The van der Waals surface area contributed by atoms with E-state index < -0.39 is 0 Å². The minimum Gasteiger partial charge on any atom is -0.383 e. The lowest BCUT2D eigenvalue weighted by Gasteiger charge is -2.26. The van der Waals surface area contributed by atoms with Gasteiger partial charge in [-0.15, -0.1) is 0 Å². The van der Waals surface area contributed by atoms with E-state index in [-0.39, 0.29) is 6.04 Å². The van der Waals surface area contributed by atoms with Crippen LogP contribution in [0.4, 0.5) is 5.82 Å². The molecule has 4 heteroatoms. The molecule has 0 aliphatic heterocycles. The summed E-state index contributed by atoms with van der Waals surface area (Å²) in [7, 11) is 0. The Bertz CT molecular complexity index is 1080. The molecule has 4 nitrogen and oxygen atoms in total. The minimum absolute atomic E-state index is 0.238. The summed E-state index contributed by atoms with van der Waals surface area (Å²) in [5.74, 6) is 0.539. The molecular formula is C22H20N4. The molecule has 2 heterocycles. The summed E-state index contributed by atoms with van der Waals surface area (Å²) >= 11 is 0. The average Bonchev–Trinajstić information content (AvgIpc) is 3.09. The smallest absolute Gasteiger partial charge is 0.135 e. The predicted molar refractivity (Wildman–Crippen MR) is 105 cm³/mol. The molecule has 0 saturated heterocycles.